The minimum atomic E-state index is 0.763. The van der Waals surface area contributed by atoms with Gasteiger partial charge in [0.2, 0.25) is 0 Å². The Balaban J connectivity index is 1.75. The number of likely N-dealkylation sites (tertiary alicyclic amines) is 1. The summed E-state index contributed by atoms with van der Waals surface area (Å²) in [7, 11) is 3.96. The van der Waals surface area contributed by atoms with Crippen molar-refractivity contribution in [2.24, 2.45) is 5.92 Å². The first-order chi connectivity index (χ1) is 10.2. The van der Waals surface area contributed by atoms with Gasteiger partial charge in [-0.2, -0.15) is 0 Å². The molecule has 0 unspecified atom stereocenters. The minimum Gasteiger partial charge on any atom is -0.383 e. The highest BCUT2D eigenvalue weighted by molar-refractivity contribution is 5.02. The average molecular weight is 292 g/mol. The van der Waals surface area contributed by atoms with Crippen molar-refractivity contribution in [3.63, 3.8) is 0 Å². The molecule has 0 bridgehead atoms. The summed E-state index contributed by atoms with van der Waals surface area (Å²) in [6.07, 6.45) is 4.06. The number of methoxy groups -OCH3 is 1. The summed E-state index contributed by atoms with van der Waals surface area (Å²) in [5.41, 5.74) is 1.12. The van der Waals surface area contributed by atoms with Gasteiger partial charge in [0.1, 0.15) is 5.82 Å². The van der Waals surface area contributed by atoms with Crippen LogP contribution in [-0.4, -0.2) is 66.7 Å². The maximum atomic E-state index is 5.15. The molecule has 1 saturated heterocycles. The van der Waals surface area contributed by atoms with Gasteiger partial charge in [-0.15, -0.1) is 0 Å². The second kappa shape index (κ2) is 8.41. The average Bonchev–Trinajstić information content (AvgIpc) is 2.92. The van der Waals surface area contributed by atoms with Crippen molar-refractivity contribution in [2.45, 2.75) is 26.3 Å². The molecule has 1 aromatic heterocycles. The van der Waals surface area contributed by atoms with Gasteiger partial charge in [0.15, 0.2) is 0 Å². The Bertz CT molecular complexity index is 426. The molecule has 1 aliphatic rings. The maximum Gasteiger partial charge on any atom is 0.128 e. The Morgan fingerprint density at radius 1 is 1.48 bits per heavy atom. The van der Waals surface area contributed by atoms with Crippen molar-refractivity contribution in [1.82, 2.24) is 19.8 Å². The highest BCUT2D eigenvalue weighted by Gasteiger charge is 2.23. The summed E-state index contributed by atoms with van der Waals surface area (Å²) in [5, 5.41) is 0. The quantitative estimate of drug-likeness (QED) is 0.725. The fraction of sp³-hybridized carbons (Fsp3) is 0.750. The van der Waals surface area contributed by atoms with Gasteiger partial charge in [0.05, 0.1) is 12.3 Å². The molecule has 5 nitrogen and oxygen atoms in total. The van der Waals surface area contributed by atoms with E-state index in [2.05, 4.69) is 33.7 Å². The van der Waals surface area contributed by atoms with Crippen LogP contribution in [-0.2, 0) is 17.7 Å². The van der Waals surface area contributed by atoms with Crippen LogP contribution in [0.15, 0.2) is 12.3 Å². The predicted octanol–water partition coefficient (Wildman–Crippen LogP) is 1.44. The van der Waals surface area contributed by atoms with Crippen LogP contribution < -0.4 is 0 Å². The molecule has 1 aliphatic heterocycles. The standard InChI is InChI=1S/C16H28N4O/c1-4-16-17-7-5-15(18-16)13-19(2)11-14-6-8-20(12-14)9-10-21-3/h5,7,14H,4,6,8-13H2,1-3H3/t14-/m0/s1. The topological polar surface area (TPSA) is 41.5 Å². The molecule has 0 saturated carbocycles. The van der Waals surface area contributed by atoms with Gasteiger partial charge >= 0.3 is 0 Å². The van der Waals surface area contributed by atoms with E-state index < -0.39 is 0 Å². The fourth-order valence-corrected chi connectivity index (χ4v) is 2.97. The van der Waals surface area contributed by atoms with E-state index in [9.17, 15) is 0 Å². The third-order valence-corrected chi connectivity index (χ3v) is 4.06. The van der Waals surface area contributed by atoms with Crippen LogP contribution in [0.25, 0.3) is 0 Å². The lowest BCUT2D eigenvalue weighted by Crippen LogP contribution is -2.29. The van der Waals surface area contributed by atoms with Gasteiger partial charge in [0, 0.05) is 45.9 Å². The largest absolute Gasteiger partial charge is 0.383 e. The van der Waals surface area contributed by atoms with Crippen LogP contribution in [0.1, 0.15) is 24.9 Å². The molecule has 0 amide bonds. The van der Waals surface area contributed by atoms with E-state index in [1.165, 1.54) is 19.5 Å². The Labute approximate surface area is 128 Å². The molecule has 1 atom stereocenters. The summed E-state index contributed by atoms with van der Waals surface area (Å²) in [6, 6.07) is 2.02. The number of hydrogen-bond donors (Lipinski definition) is 0. The van der Waals surface area contributed by atoms with Crippen molar-refractivity contribution < 1.29 is 4.74 Å². The monoisotopic (exact) mass is 292 g/mol. The zero-order valence-electron chi connectivity index (χ0n) is 13.6. The molecule has 21 heavy (non-hydrogen) atoms. The Hall–Kier alpha value is -1.04. The van der Waals surface area contributed by atoms with Crippen molar-refractivity contribution in [2.75, 3.05) is 46.9 Å². The normalized spacial score (nSPS) is 19.5. The summed E-state index contributed by atoms with van der Waals surface area (Å²) >= 11 is 0. The van der Waals surface area contributed by atoms with E-state index in [0.717, 1.165) is 50.1 Å². The molecule has 2 rings (SSSR count). The molecule has 1 aromatic rings. The molecule has 0 aromatic carbocycles. The van der Waals surface area contributed by atoms with Crippen molar-refractivity contribution in [3.05, 3.63) is 23.8 Å². The number of hydrogen-bond acceptors (Lipinski definition) is 5. The van der Waals surface area contributed by atoms with E-state index in [1.807, 2.05) is 12.3 Å². The van der Waals surface area contributed by atoms with E-state index in [4.69, 9.17) is 4.74 Å². The molecule has 1 fully saturated rings. The molecule has 0 aliphatic carbocycles. The van der Waals surface area contributed by atoms with Crippen LogP contribution >= 0.6 is 0 Å². The first-order valence-electron chi connectivity index (χ1n) is 7.92. The molecule has 5 heteroatoms. The number of rotatable bonds is 8. The second-order valence-corrected chi connectivity index (χ2v) is 5.96. The van der Waals surface area contributed by atoms with E-state index in [1.54, 1.807) is 7.11 Å². The zero-order valence-corrected chi connectivity index (χ0v) is 13.6. The van der Waals surface area contributed by atoms with E-state index >= 15 is 0 Å². The lowest BCUT2D eigenvalue weighted by atomic mass is 10.1. The molecule has 0 spiro atoms. The fourth-order valence-electron chi connectivity index (χ4n) is 2.97. The first kappa shape index (κ1) is 16.3. The van der Waals surface area contributed by atoms with Crippen LogP contribution in [0, 0.1) is 5.92 Å². The minimum absolute atomic E-state index is 0.763. The first-order valence-corrected chi connectivity index (χ1v) is 7.92. The smallest absolute Gasteiger partial charge is 0.128 e. The van der Waals surface area contributed by atoms with Crippen LogP contribution in [0.2, 0.25) is 0 Å². The third-order valence-electron chi connectivity index (χ3n) is 4.06. The SMILES string of the molecule is CCc1nccc(CN(C)C[C@@H]2CCN(CCOC)C2)n1. The van der Waals surface area contributed by atoms with Crippen molar-refractivity contribution in [1.29, 1.82) is 0 Å². The zero-order chi connectivity index (χ0) is 15.1. The van der Waals surface area contributed by atoms with Gasteiger partial charge in [-0.3, -0.25) is 0 Å². The summed E-state index contributed by atoms with van der Waals surface area (Å²) in [5.74, 6) is 1.70. The summed E-state index contributed by atoms with van der Waals surface area (Å²) in [6.45, 7) is 8.42. The van der Waals surface area contributed by atoms with E-state index in [-0.39, 0.29) is 0 Å². The highest BCUT2D eigenvalue weighted by atomic mass is 16.5. The molecule has 2 heterocycles. The van der Waals surface area contributed by atoms with Gasteiger partial charge in [0.25, 0.3) is 0 Å². The number of aromatic nitrogens is 2. The molecular formula is C16H28N4O. The maximum absolute atomic E-state index is 5.15. The molecule has 0 N–H and O–H groups in total. The van der Waals surface area contributed by atoms with Gasteiger partial charge < -0.3 is 14.5 Å². The number of nitrogens with zero attached hydrogens (tertiary/aromatic N) is 4. The van der Waals surface area contributed by atoms with Gasteiger partial charge in [-0.1, -0.05) is 6.92 Å². The lowest BCUT2D eigenvalue weighted by Gasteiger charge is -2.21. The Kier molecular flexibility index (Phi) is 6.54. The number of aryl methyl sites for hydroxylation is 1. The highest BCUT2D eigenvalue weighted by Crippen LogP contribution is 2.17. The molecular weight excluding hydrogens is 264 g/mol. The molecule has 0 radical (unpaired) electrons. The van der Waals surface area contributed by atoms with Crippen LogP contribution in [0.4, 0.5) is 0 Å². The third kappa shape index (κ3) is 5.34. The van der Waals surface area contributed by atoms with Crippen molar-refractivity contribution >= 4 is 0 Å². The van der Waals surface area contributed by atoms with Gasteiger partial charge in [-0.05, 0) is 32.0 Å². The lowest BCUT2D eigenvalue weighted by molar-refractivity contribution is 0.157. The van der Waals surface area contributed by atoms with Crippen LogP contribution in [0.3, 0.4) is 0 Å². The predicted molar refractivity (Wildman–Crippen MR) is 84.2 cm³/mol. The Morgan fingerprint density at radius 2 is 2.33 bits per heavy atom. The second-order valence-electron chi connectivity index (χ2n) is 5.96. The van der Waals surface area contributed by atoms with Crippen LogP contribution in [0.5, 0.6) is 0 Å². The molecule has 118 valence electrons. The van der Waals surface area contributed by atoms with Crippen molar-refractivity contribution in [3.8, 4) is 0 Å². The van der Waals surface area contributed by atoms with Gasteiger partial charge in [-0.25, -0.2) is 9.97 Å². The Morgan fingerprint density at radius 3 is 3.10 bits per heavy atom. The van der Waals surface area contributed by atoms with E-state index in [0.29, 0.717) is 0 Å². The summed E-state index contributed by atoms with van der Waals surface area (Å²) < 4.78 is 5.15. The number of ether oxygens (including phenoxy) is 1. The summed E-state index contributed by atoms with van der Waals surface area (Å²) in [4.78, 5) is 13.7.